The molecule has 3 nitrogen and oxygen atoms in total. The molecule has 0 radical (unpaired) electrons. The Morgan fingerprint density at radius 2 is 1.38 bits per heavy atom. The van der Waals surface area contributed by atoms with Gasteiger partial charge in [0.1, 0.15) is 17.6 Å². The first-order valence-corrected chi connectivity index (χ1v) is 5.11. The van der Waals surface area contributed by atoms with Gasteiger partial charge in [-0.3, -0.25) is 4.84 Å². The second-order valence-corrected chi connectivity index (χ2v) is 3.69. The van der Waals surface area contributed by atoms with Crippen molar-refractivity contribution in [3.8, 4) is 11.5 Å². The molecule has 0 atom stereocenters. The number of hydrogen-bond acceptors (Lipinski definition) is 3. The van der Waals surface area contributed by atoms with Gasteiger partial charge in [-0.05, 0) is 12.1 Å². The highest BCUT2D eigenvalue weighted by Crippen LogP contribution is 2.43. The van der Waals surface area contributed by atoms with Crippen molar-refractivity contribution in [2.45, 2.75) is 6.10 Å². The third-order valence-electron chi connectivity index (χ3n) is 2.76. The lowest BCUT2D eigenvalue weighted by Crippen LogP contribution is -2.16. The van der Waals surface area contributed by atoms with Crippen LogP contribution in [0.4, 0.5) is 0 Å². The number of fused-ring (bicyclic) bond motifs is 2. The number of hydrogen-bond donors (Lipinski definition) is 1. The Kier molecular flexibility index (Phi) is 2.13. The summed E-state index contributed by atoms with van der Waals surface area (Å²) in [5.41, 5.74) is 1.92. The molecular weight excluding hydrogens is 202 g/mol. The van der Waals surface area contributed by atoms with Gasteiger partial charge in [-0.1, -0.05) is 36.4 Å². The third-order valence-corrected chi connectivity index (χ3v) is 2.76. The molecule has 3 rings (SSSR count). The van der Waals surface area contributed by atoms with E-state index < -0.39 is 0 Å². The molecule has 3 heteroatoms. The highest BCUT2D eigenvalue weighted by atomic mass is 16.6. The van der Waals surface area contributed by atoms with Crippen LogP contribution < -0.4 is 10.6 Å². The highest BCUT2D eigenvalue weighted by molar-refractivity contribution is 5.51. The second-order valence-electron chi connectivity index (χ2n) is 3.69. The van der Waals surface area contributed by atoms with E-state index >= 15 is 0 Å². The Bertz CT molecular complexity index is 479. The van der Waals surface area contributed by atoms with Crippen LogP contribution in [0, 0.1) is 0 Å². The summed E-state index contributed by atoms with van der Waals surface area (Å²) in [7, 11) is 0. The fourth-order valence-electron chi connectivity index (χ4n) is 2.01. The lowest BCUT2D eigenvalue weighted by Gasteiger charge is -2.26. The summed E-state index contributed by atoms with van der Waals surface area (Å²) in [6, 6.07) is 15.5. The van der Waals surface area contributed by atoms with Crippen LogP contribution >= 0.6 is 0 Å². The summed E-state index contributed by atoms with van der Waals surface area (Å²) in [6.45, 7) is 0. The SMILES string of the molecule is NOC1c2ccccc2Oc2ccccc21. The van der Waals surface area contributed by atoms with E-state index in [1.54, 1.807) is 0 Å². The molecule has 1 heterocycles. The first-order chi connectivity index (χ1) is 7.90. The van der Waals surface area contributed by atoms with Gasteiger partial charge >= 0.3 is 0 Å². The Labute approximate surface area is 93.4 Å². The Morgan fingerprint density at radius 1 is 0.875 bits per heavy atom. The molecule has 0 aromatic heterocycles. The minimum atomic E-state index is -0.249. The fraction of sp³-hybridized carbons (Fsp3) is 0.0769. The summed E-state index contributed by atoms with van der Waals surface area (Å²) in [5.74, 6) is 6.98. The molecule has 0 aliphatic carbocycles. The van der Waals surface area contributed by atoms with Gasteiger partial charge in [-0.2, -0.15) is 0 Å². The maximum atomic E-state index is 5.77. The molecule has 16 heavy (non-hydrogen) atoms. The standard InChI is InChI=1S/C13H11NO2/c14-16-13-9-5-1-3-7-11(9)15-12-8-4-2-6-10(12)13/h1-8,13H,14H2. The molecule has 0 bridgehead atoms. The fourth-order valence-corrected chi connectivity index (χ4v) is 2.01. The van der Waals surface area contributed by atoms with E-state index in [-0.39, 0.29) is 6.10 Å². The first kappa shape index (κ1) is 9.39. The van der Waals surface area contributed by atoms with Crippen molar-refractivity contribution in [1.82, 2.24) is 0 Å². The molecular formula is C13H11NO2. The largest absolute Gasteiger partial charge is 0.457 e. The summed E-state index contributed by atoms with van der Waals surface area (Å²) in [6.07, 6.45) is -0.249. The van der Waals surface area contributed by atoms with E-state index in [0.717, 1.165) is 22.6 Å². The zero-order valence-electron chi connectivity index (χ0n) is 8.59. The summed E-state index contributed by atoms with van der Waals surface area (Å²) in [4.78, 5) is 5.06. The summed E-state index contributed by atoms with van der Waals surface area (Å²) in [5, 5.41) is 0. The molecule has 2 aromatic rings. The summed E-state index contributed by atoms with van der Waals surface area (Å²) < 4.78 is 5.77. The van der Waals surface area contributed by atoms with Crippen molar-refractivity contribution >= 4 is 0 Å². The van der Waals surface area contributed by atoms with E-state index in [1.165, 1.54) is 0 Å². The molecule has 1 aliphatic rings. The minimum absolute atomic E-state index is 0.249. The summed E-state index contributed by atoms with van der Waals surface area (Å²) >= 11 is 0. The quantitative estimate of drug-likeness (QED) is 0.741. The van der Waals surface area contributed by atoms with Crippen molar-refractivity contribution in [2.24, 2.45) is 5.90 Å². The number of para-hydroxylation sites is 2. The van der Waals surface area contributed by atoms with E-state index in [1.807, 2.05) is 48.5 Å². The van der Waals surface area contributed by atoms with Crippen LogP contribution in [0.15, 0.2) is 48.5 Å². The Balaban J connectivity index is 2.19. The van der Waals surface area contributed by atoms with E-state index in [2.05, 4.69) is 0 Å². The lowest BCUT2D eigenvalue weighted by atomic mass is 9.97. The van der Waals surface area contributed by atoms with Gasteiger partial charge in [0.05, 0.1) is 0 Å². The van der Waals surface area contributed by atoms with Gasteiger partial charge in [0, 0.05) is 11.1 Å². The van der Waals surface area contributed by atoms with Crippen LogP contribution in [0.2, 0.25) is 0 Å². The minimum Gasteiger partial charge on any atom is -0.457 e. The molecule has 0 amide bonds. The predicted octanol–water partition coefficient (Wildman–Crippen LogP) is 2.77. The van der Waals surface area contributed by atoms with Crippen LogP contribution in [0.1, 0.15) is 17.2 Å². The number of rotatable bonds is 1. The molecule has 2 N–H and O–H groups in total. The van der Waals surface area contributed by atoms with Crippen molar-refractivity contribution in [3.63, 3.8) is 0 Å². The van der Waals surface area contributed by atoms with Crippen molar-refractivity contribution < 1.29 is 9.57 Å². The number of ether oxygens (including phenoxy) is 1. The molecule has 80 valence electrons. The van der Waals surface area contributed by atoms with Gasteiger partial charge in [0.25, 0.3) is 0 Å². The molecule has 0 fully saturated rings. The van der Waals surface area contributed by atoms with Gasteiger partial charge in [-0.25, -0.2) is 5.90 Å². The maximum Gasteiger partial charge on any atom is 0.136 e. The van der Waals surface area contributed by atoms with Crippen LogP contribution in [0.25, 0.3) is 0 Å². The average molecular weight is 213 g/mol. The monoisotopic (exact) mass is 213 g/mol. The first-order valence-electron chi connectivity index (χ1n) is 5.11. The zero-order chi connectivity index (χ0) is 11.0. The highest BCUT2D eigenvalue weighted by Gasteiger charge is 2.26. The van der Waals surface area contributed by atoms with Crippen LogP contribution in [0.5, 0.6) is 11.5 Å². The molecule has 0 saturated heterocycles. The zero-order valence-corrected chi connectivity index (χ0v) is 8.59. The average Bonchev–Trinajstić information content (AvgIpc) is 2.36. The van der Waals surface area contributed by atoms with Crippen molar-refractivity contribution in [1.29, 1.82) is 0 Å². The van der Waals surface area contributed by atoms with Crippen LogP contribution in [-0.2, 0) is 4.84 Å². The molecule has 2 aromatic carbocycles. The topological polar surface area (TPSA) is 44.5 Å². The predicted molar refractivity (Wildman–Crippen MR) is 60.1 cm³/mol. The Morgan fingerprint density at radius 3 is 1.88 bits per heavy atom. The van der Waals surface area contributed by atoms with E-state index in [4.69, 9.17) is 15.5 Å². The van der Waals surface area contributed by atoms with E-state index in [9.17, 15) is 0 Å². The number of nitrogens with two attached hydrogens (primary N) is 1. The molecule has 0 saturated carbocycles. The second kappa shape index (κ2) is 3.63. The third kappa shape index (κ3) is 1.30. The normalized spacial score (nSPS) is 13.8. The van der Waals surface area contributed by atoms with Crippen LogP contribution in [0.3, 0.4) is 0 Å². The van der Waals surface area contributed by atoms with Gasteiger partial charge < -0.3 is 4.74 Å². The van der Waals surface area contributed by atoms with Gasteiger partial charge in [0.15, 0.2) is 0 Å². The van der Waals surface area contributed by atoms with Crippen molar-refractivity contribution in [2.75, 3.05) is 0 Å². The molecule has 1 aliphatic heterocycles. The lowest BCUT2D eigenvalue weighted by molar-refractivity contribution is 0.0741. The van der Waals surface area contributed by atoms with Crippen molar-refractivity contribution in [3.05, 3.63) is 59.7 Å². The van der Waals surface area contributed by atoms with Gasteiger partial charge in [-0.15, -0.1) is 0 Å². The molecule has 0 unspecified atom stereocenters. The smallest absolute Gasteiger partial charge is 0.136 e. The van der Waals surface area contributed by atoms with E-state index in [0.29, 0.717) is 0 Å². The molecule has 0 spiro atoms. The Hall–Kier alpha value is -1.84. The maximum absolute atomic E-state index is 5.77. The van der Waals surface area contributed by atoms with Gasteiger partial charge in [0.2, 0.25) is 0 Å². The van der Waals surface area contributed by atoms with Crippen LogP contribution in [-0.4, -0.2) is 0 Å². The number of benzene rings is 2.